The van der Waals surface area contributed by atoms with Crippen molar-refractivity contribution in [1.29, 1.82) is 0 Å². The van der Waals surface area contributed by atoms with Crippen molar-refractivity contribution in [3.8, 4) is 0 Å². The lowest BCUT2D eigenvalue weighted by molar-refractivity contribution is 0.0951. The number of hydrazone groups is 1. The Balaban J connectivity index is 2.01. The Bertz CT molecular complexity index is 579. The van der Waals surface area contributed by atoms with Gasteiger partial charge in [0, 0.05) is 17.8 Å². The van der Waals surface area contributed by atoms with E-state index in [0.717, 1.165) is 18.3 Å². The van der Waals surface area contributed by atoms with Crippen molar-refractivity contribution in [3.05, 3.63) is 59.4 Å². The summed E-state index contributed by atoms with van der Waals surface area (Å²) in [6.07, 6.45) is 2.70. The number of benzene rings is 1. The van der Waals surface area contributed by atoms with Gasteiger partial charge in [0.1, 0.15) is 17.3 Å². The summed E-state index contributed by atoms with van der Waals surface area (Å²) in [7, 11) is 0. The molecule has 0 aliphatic rings. The van der Waals surface area contributed by atoms with Crippen molar-refractivity contribution in [2.75, 3.05) is 0 Å². The third kappa shape index (κ3) is 2.79. The molecular formula is C12H9F2N3O. The molecule has 18 heavy (non-hydrogen) atoms. The molecule has 0 aliphatic heterocycles. The van der Waals surface area contributed by atoms with Crippen LogP contribution in [0, 0.1) is 11.6 Å². The van der Waals surface area contributed by atoms with Crippen molar-refractivity contribution >= 4 is 12.1 Å². The molecule has 2 N–H and O–H groups in total. The van der Waals surface area contributed by atoms with Crippen LogP contribution < -0.4 is 5.43 Å². The van der Waals surface area contributed by atoms with Crippen molar-refractivity contribution in [3.63, 3.8) is 0 Å². The summed E-state index contributed by atoms with van der Waals surface area (Å²) in [5.74, 6) is -1.85. The quantitative estimate of drug-likeness (QED) is 0.635. The van der Waals surface area contributed by atoms with E-state index in [0.29, 0.717) is 5.69 Å². The summed E-state index contributed by atoms with van der Waals surface area (Å²) in [4.78, 5) is 14.1. The Morgan fingerprint density at radius 3 is 2.83 bits per heavy atom. The first kappa shape index (κ1) is 12.0. The second-order valence-corrected chi connectivity index (χ2v) is 3.45. The highest BCUT2D eigenvalue weighted by Gasteiger charge is 2.04. The first-order valence-electron chi connectivity index (χ1n) is 5.08. The number of carbonyl (C=O) groups is 1. The standard InChI is InChI=1S/C12H9F2N3O/c13-9-4-3-8(10(14)6-9)7-16-17-12(18)11-2-1-5-15-11/h1-7,15H,(H,17,18)/b16-7-. The van der Waals surface area contributed by atoms with Crippen molar-refractivity contribution in [2.45, 2.75) is 0 Å². The fourth-order valence-corrected chi connectivity index (χ4v) is 1.30. The van der Waals surface area contributed by atoms with Crippen molar-refractivity contribution in [1.82, 2.24) is 10.4 Å². The molecule has 1 heterocycles. The summed E-state index contributed by atoms with van der Waals surface area (Å²) in [5.41, 5.74) is 2.64. The van der Waals surface area contributed by atoms with Gasteiger partial charge in [-0.15, -0.1) is 0 Å². The lowest BCUT2D eigenvalue weighted by Gasteiger charge is -1.98. The summed E-state index contributed by atoms with van der Waals surface area (Å²) < 4.78 is 25.8. The Morgan fingerprint density at radius 1 is 1.33 bits per heavy atom. The molecular weight excluding hydrogens is 240 g/mol. The van der Waals surface area contributed by atoms with Crippen molar-refractivity contribution in [2.24, 2.45) is 5.10 Å². The molecule has 0 saturated heterocycles. The molecule has 0 fully saturated rings. The number of aromatic amines is 1. The lowest BCUT2D eigenvalue weighted by Crippen LogP contribution is -2.17. The number of halogens is 2. The molecule has 92 valence electrons. The molecule has 2 aromatic rings. The van der Waals surface area contributed by atoms with Gasteiger partial charge in [0.15, 0.2) is 0 Å². The van der Waals surface area contributed by atoms with Gasteiger partial charge in [0.2, 0.25) is 0 Å². The van der Waals surface area contributed by atoms with E-state index in [4.69, 9.17) is 0 Å². The number of carbonyl (C=O) groups excluding carboxylic acids is 1. The van der Waals surface area contributed by atoms with E-state index in [9.17, 15) is 13.6 Å². The van der Waals surface area contributed by atoms with Gasteiger partial charge >= 0.3 is 0 Å². The number of rotatable bonds is 3. The largest absolute Gasteiger partial charge is 0.357 e. The Kier molecular flexibility index (Phi) is 3.47. The van der Waals surface area contributed by atoms with E-state index in [1.165, 1.54) is 6.07 Å². The summed E-state index contributed by atoms with van der Waals surface area (Å²) in [6, 6.07) is 6.32. The molecule has 0 aliphatic carbocycles. The van der Waals surface area contributed by atoms with Gasteiger partial charge in [0.05, 0.1) is 6.21 Å². The monoisotopic (exact) mass is 249 g/mol. The summed E-state index contributed by atoms with van der Waals surface area (Å²) in [6.45, 7) is 0. The first-order valence-corrected chi connectivity index (χ1v) is 5.08. The van der Waals surface area contributed by atoms with Gasteiger partial charge in [0.25, 0.3) is 5.91 Å². The Labute approximate surface area is 101 Å². The fraction of sp³-hybridized carbons (Fsp3) is 0. The zero-order chi connectivity index (χ0) is 13.0. The van der Waals surface area contributed by atoms with Gasteiger partial charge in [-0.2, -0.15) is 5.10 Å². The van der Waals surface area contributed by atoms with E-state index in [1.54, 1.807) is 18.3 Å². The van der Waals surface area contributed by atoms with E-state index in [1.807, 2.05) is 0 Å². The Hall–Kier alpha value is -2.50. The second-order valence-electron chi connectivity index (χ2n) is 3.45. The minimum Gasteiger partial charge on any atom is -0.357 e. The van der Waals surface area contributed by atoms with Gasteiger partial charge in [-0.1, -0.05) is 0 Å². The average molecular weight is 249 g/mol. The highest BCUT2D eigenvalue weighted by molar-refractivity contribution is 5.93. The van der Waals surface area contributed by atoms with Crippen molar-refractivity contribution < 1.29 is 13.6 Å². The molecule has 1 aromatic heterocycles. The maximum atomic E-state index is 13.2. The van der Waals surface area contributed by atoms with Gasteiger partial charge in [-0.3, -0.25) is 4.79 Å². The number of nitrogens with one attached hydrogen (secondary N) is 2. The molecule has 0 spiro atoms. The van der Waals surface area contributed by atoms with E-state index >= 15 is 0 Å². The molecule has 4 nitrogen and oxygen atoms in total. The van der Waals surface area contributed by atoms with Crippen LogP contribution in [-0.2, 0) is 0 Å². The van der Waals surface area contributed by atoms with E-state index < -0.39 is 17.5 Å². The Morgan fingerprint density at radius 2 is 2.17 bits per heavy atom. The van der Waals surface area contributed by atoms with Crippen LogP contribution in [0.15, 0.2) is 41.6 Å². The number of hydrogen-bond donors (Lipinski definition) is 2. The van der Waals surface area contributed by atoms with Crippen LogP contribution in [0.1, 0.15) is 16.1 Å². The minimum atomic E-state index is -0.743. The maximum absolute atomic E-state index is 13.2. The van der Waals surface area contributed by atoms with Crippen LogP contribution in [0.4, 0.5) is 8.78 Å². The predicted molar refractivity (Wildman–Crippen MR) is 62.2 cm³/mol. The van der Waals surface area contributed by atoms with Gasteiger partial charge < -0.3 is 4.98 Å². The molecule has 2 rings (SSSR count). The molecule has 0 radical (unpaired) electrons. The van der Waals surface area contributed by atoms with E-state index in [-0.39, 0.29) is 5.56 Å². The zero-order valence-corrected chi connectivity index (χ0v) is 9.15. The molecule has 0 saturated carbocycles. The fourth-order valence-electron chi connectivity index (χ4n) is 1.30. The summed E-state index contributed by atoms with van der Waals surface area (Å²) >= 11 is 0. The predicted octanol–water partition coefficient (Wildman–Crippen LogP) is 2.06. The number of aromatic nitrogens is 1. The minimum absolute atomic E-state index is 0.0863. The number of amides is 1. The van der Waals surface area contributed by atoms with Gasteiger partial charge in [-0.05, 0) is 24.3 Å². The number of H-pyrrole nitrogens is 1. The molecule has 1 aromatic carbocycles. The SMILES string of the molecule is O=C(N/N=C\c1ccc(F)cc1F)c1ccc[nH]1. The number of hydrogen-bond acceptors (Lipinski definition) is 2. The number of nitrogens with zero attached hydrogens (tertiary/aromatic N) is 1. The van der Waals surface area contributed by atoms with Gasteiger partial charge in [-0.25, -0.2) is 14.2 Å². The first-order chi connectivity index (χ1) is 8.66. The summed E-state index contributed by atoms with van der Waals surface area (Å²) in [5, 5.41) is 3.58. The third-order valence-electron chi connectivity index (χ3n) is 2.17. The highest BCUT2D eigenvalue weighted by atomic mass is 19.1. The molecule has 0 atom stereocenters. The molecule has 0 bridgehead atoms. The van der Waals surface area contributed by atoms with Crippen LogP contribution in [0.5, 0.6) is 0 Å². The van der Waals surface area contributed by atoms with Crippen LogP contribution in [0.25, 0.3) is 0 Å². The normalized spacial score (nSPS) is 10.8. The molecule has 1 amide bonds. The second kappa shape index (κ2) is 5.22. The van der Waals surface area contributed by atoms with Crippen LogP contribution >= 0.6 is 0 Å². The third-order valence-corrected chi connectivity index (χ3v) is 2.17. The highest BCUT2D eigenvalue weighted by Crippen LogP contribution is 2.06. The lowest BCUT2D eigenvalue weighted by atomic mass is 10.2. The van der Waals surface area contributed by atoms with Crippen LogP contribution in [0.2, 0.25) is 0 Å². The molecule has 0 unspecified atom stereocenters. The topological polar surface area (TPSA) is 57.2 Å². The smallest absolute Gasteiger partial charge is 0.287 e. The van der Waals surface area contributed by atoms with Crippen LogP contribution in [-0.4, -0.2) is 17.1 Å². The maximum Gasteiger partial charge on any atom is 0.287 e. The van der Waals surface area contributed by atoms with Crippen LogP contribution in [0.3, 0.4) is 0 Å². The molecule has 6 heteroatoms. The van der Waals surface area contributed by atoms with E-state index in [2.05, 4.69) is 15.5 Å². The zero-order valence-electron chi connectivity index (χ0n) is 9.15. The average Bonchev–Trinajstić information content (AvgIpc) is 2.85.